The number of fused-ring (bicyclic) bond motifs is 2. The van der Waals surface area contributed by atoms with Gasteiger partial charge in [-0.2, -0.15) is 0 Å². The lowest BCUT2D eigenvalue weighted by Gasteiger charge is -2.43. The molecule has 2 fully saturated rings. The highest BCUT2D eigenvalue weighted by molar-refractivity contribution is 4.94. The second-order valence-corrected chi connectivity index (χ2v) is 6.04. The molecule has 3 nitrogen and oxygen atoms in total. The van der Waals surface area contributed by atoms with Gasteiger partial charge in [0.2, 0.25) is 11.6 Å². The van der Waals surface area contributed by atoms with Crippen LogP contribution in [0.4, 0.5) is 0 Å². The van der Waals surface area contributed by atoms with Gasteiger partial charge in [-0.25, -0.2) is 0 Å². The minimum Gasteiger partial charge on any atom is -0.390 e. The van der Waals surface area contributed by atoms with Crippen LogP contribution in [-0.2, 0) is 0 Å². The van der Waals surface area contributed by atoms with Crippen molar-refractivity contribution in [2.24, 2.45) is 5.92 Å². The Morgan fingerprint density at radius 1 is 1.33 bits per heavy atom. The molecule has 1 aliphatic heterocycles. The van der Waals surface area contributed by atoms with Gasteiger partial charge in [0.25, 0.3) is 0 Å². The SMILES string of the molecule is CCC1(C)CC2CC(CC(C)(O)C2)[N+]1=O. The van der Waals surface area contributed by atoms with E-state index in [2.05, 4.69) is 13.8 Å². The fourth-order valence-corrected chi connectivity index (χ4v) is 3.55. The van der Waals surface area contributed by atoms with Gasteiger partial charge in [0.15, 0.2) is 0 Å². The maximum absolute atomic E-state index is 12.2. The molecule has 1 saturated heterocycles. The Bertz CT molecular complexity index is 287. The van der Waals surface area contributed by atoms with E-state index in [4.69, 9.17) is 0 Å². The number of nitroso groups, excluding NO2 is 1. The lowest BCUT2D eigenvalue weighted by molar-refractivity contribution is -0.676. The lowest BCUT2D eigenvalue weighted by Crippen LogP contribution is -2.56. The summed E-state index contributed by atoms with van der Waals surface area (Å²) >= 11 is 0. The highest BCUT2D eigenvalue weighted by Crippen LogP contribution is 2.44. The van der Waals surface area contributed by atoms with Crippen molar-refractivity contribution in [2.75, 3.05) is 0 Å². The summed E-state index contributed by atoms with van der Waals surface area (Å²) in [6.07, 6.45) is 4.34. The summed E-state index contributed by atoms with van der Waals surface area (Å²) in [5.74, 6) is 0.536. The van der Waals surface area contributed by atoms with Gasteiger partial charge < -0.3 is 5.11 Å². The molecular weight excluding hydrogens is 190 g/mol. The van der Waals surface area contributed by atoms with Crippen LogP contribution in [0.5, 0.6) is 0 Å². The average Bonchev–Trinajstić information content (AvgIpc) is 2.12. The van der Waals surface area contributed by atoms with E-state index in [0.29, 0.717) is 12.3 Å². The van der Waals surface area contributed by atoms with E-state index in [-0.39, 0.29) is 11.6 Å². The molecule has 4 unspecified atom stereocenters. The molecule has 0 radical (unpaired) electrons. The first-order chi connectivity index (χ1) is 6.86. The van der Waals surface area contributed by atoms with E-state index >= 15 is 0 Å². The van der Waals surface area contributed by atoms with Crippen molar-refractivity contribution in [1.29, 1.82) is 0 Å². The molecule has 0 spiro atoms. The van der Waals surface area contributed by atoms with Crippen LogP contribution in [0.1, 0.15) is 52.9 Å². The van der Waals surface area contributed by atoms with Crippen LogP contribution in [-0.4, -0.2) is 27.0 Å². The first kappa shape index (κ1) is 11.1. The Hall–Kier alpha value is -0.440. The van der Waals surface area contributed by atoms with Crippen molar-refractivity contribution in [3.05, 3.63) is 4.91 Å². The van der Waals surface area contributed by atoms with E-state index < -0.39 is 5.60 Å². The van der Waals surface area contributed by atoms with E-state index in [1.807, 2.05) is 6.92 Å². The first-order valence-corrected chi connectivity index (χ1v) is 6.05. The van der Waals surface area contributed by atoms with Crippen LogP contribution in [0.2, 0.25) is 0 Å². The highest BCUT2D eigenvalue weighted by atomic mass is 16.3. The topological polar surface area (TPSA) is 40.3 Å². The molecule has 86 valence electrons. The summed E-state index contributed by atoms with van der Waals surface area (Å²) in [7, 11) is 0. The summed E-state index contributed by atoms with van der Waals surface area (Å²) in [6, 6.07) is 0.0393. The number of aliphatic hydroxyl groups is 1. The van der Waals surface area contributed by atoms with Crippen molar-refractivity contribution >= 4 is 0 Å². The van der Waals surface area contributed by atoms with Crippen molar-refractivity contribution in [1.82, 2.24) is 0 Å². The molecule has 1 heterocycles. The predicted molar refractivity (Wildman–Crippen MR) is 58.7 cm³/mol. The number of hydrogen-bond acceptors (Lipinski definition) is 2. The molecule has 2 bridgehead atoms. The van der Waals surface area contributed by atoms with Gasteiger partial charge in [0.05, 0.1) is 5.60 Å². The van der Waals surface area contributed by atoms with Crippen molar-refractivity contribution in [3.8, 4) is 0 Å². The minimum absolute atomic E-state index is 0.0393. The Kier molecular flexibility index (Phi) is 2.41. The maximum atomic E-state index is 12.2. The minimum atomic E-state index is -0.620. The third-order valence-corrected chi connectivity index (χ3v) is 4.36. The van der Waals surface area contributed by atoms with Gasteiger partial charge in [-0.15, -0.1) is 0 Å². The van der Waals surface area contributed by atoms with Gasteiger partial charge >= 0.3 is 0 Å². The second kappa shape index (κ2) is 3.27. The van der Waals surface area contributed by atoms with Gasteiger partial charge in [0, 0.05) is 42.3 Å². The number of piperidine rings is 1. The third kappa shape index (κ3) is 1.82. The second-order valence-electron chi connectivity index (χ2n) is 6.04. The monoisotopic (exact) mass is 212 g/mol. The third-order valence-electron chi connectivity index (χ3n) is 4.36. The lowest BCUT2D eigenvalue weighted by atomic mass is 9.67. The maximum Gasteiger partial charge on any atom is 0.208 e. The predicted octanol–water partition coefficient (Wildman–Crippen LogP) is 2.26. The fourth-order valence-electron chi connectivity index (χ4n) is 3.55. The summed E-state index contributed by atoms with van der Waals surface area (Å²) in [4.78, 5) is 12.2. The summed E-state index contributed by atoms with van der Waals surface area (Å²) in [5.41, 5.74) is -0.810. The standard InChI is InChI=1S/C12H22NO2/c1-4-11(2)6-9-5-10(13(11)15)8-12(3,14)7-9/h9-10,14H,4-8H2,1-3H3/q+1. The normalized spacial score (nSPS) is 50.5. The molecule has 3 heteroatoms. The largest absolute Gasteiger partial charge is 0.390 e. The number of nitrogens with zero attached hydrogens (tertiary/aromatic N) is 1. The summed E-state index contributed by atoms with van der Waals surface area (Å²) in [6.45, 7) is 6.03. The van der Waals surface area contributed by atoms with E-state index in [1.54, 1.807) is 0 Å². The van der Waals surface area contributed by atoms with E-state index in [0.717, 1.165) is 25.7 Å². The zero-order valence-corrected chi connectivity index (χ0v) is 9.99. The van der Waals surface area contributed by atoms with Gasteiger partial charge in [-0.05, 0) is 19.3 Å². The van der Waals surface area contributed by atoms with E-state index in [1.165, 1.54) is 4.76 Å². The molecule has 15 heavy (non-hydrogen) atoms. The summed E-state index contributed by atoms with van der Waals surface area (Å²) < 4.78 is 1.27. The first-order valence-electron chi connectivity index (χ1n) is 6.05. The van der Waals surface area contributed by atoms with Crippen molar-refractivity contribution < 1.29 is 9.87 Å². The average molecular weight is 212 g/mol. The Morgan fingerprint density at radius 2 is 2.00 bits per heavy atom. The quantitative estimate of drug-likeness (QED) is 0.677. The van der Waals surface area contributed by atoms with Gasteiger partial charge in [-0.3, -0.25) is 0 Å². The number of rotatable bonds is 1. The van der Waals surface area contributed by atoms with Crippen LogP contribution in [0.3, 0.4) is 0 Å². The Labute approximate surface area is 91.4 Å². The van der Waals surface area contributed by atoms with Crippen LogP contribution >= 0.6 is 0 Å². The molecule has 1 aliphatic carbocycles. The molecule has 0 amide bonds. The zero-order chi connectivity index (χ0) is 11.3. The number of hydrogen-bond donors (Lipinski definition) is 1. The van der Waals surface area contributed by atoms with Gasteiger partial charge in [0.1, 0.15) is 0 Å². The molecular formula is C12H22NO2+. The molecule has 2 aliphatic rings. The molecule has 1 N–H and O–H groups in total. The van der Waals surface area contributed by atoms with Crippen molar-refractivity contribution in [2.45, 2.75) is 70.1 Å². The van der Waals surface area contributed by atoms with Crippen molar-refractivity contribution in [3.63, 3.8) is 0 Å². The van der Waals surface area contributed by atoms with Crippen LogP contribution in [0.15, 0.2) is 0 Å². The molecule has 2 rings (SSSR count). The Morgan fingerprint density at radius 3 is 2.60 bits per heavy atom. The molecule has 4 atom stereocenters. The van der Waals surface area contributed by atoms with Crippen LogP contribution in [0, 0.1) is 10.8 Å². The Balaban J connectivity index is 2.23. The molecule has 0 aromatic heterocycles. The molecule has 0 aromatic rings. The van der Waals surface area contributed by atoms with Gasteiger partial charge in [-0.1, -0.05) is 6.92 Å². The summed E-state index contributed by atoms with van der Waals surface area (Å²) in [5, 5.41) is 10.1. The fraction of sp³-hybridized carbons (Fsp3) is 1.00. The van der Waals surface area contributed by atoms with Crippen LogP contribution in [0.25, 0.3) is 0 Å². The van der Waals surface area contributed by atoms with E-state index in [9.17, 15) is 10.0 Å². The smallest absolute Gasteiger partial charge is 0.208 e. The zero-order valence-electron chi connectivity index (χ0n) is 9.99. The van der Waals surface area contributed by atoms with Crippen LogP contribution < -0.4 is 0 Å². The molecule has 0 aromatic carbocycles. The molecule has 1 saturated carbocycles. The highest BCUT2D eigenvalue weighted by Gasteiger charge is 2.55.